The molecule has 0 radical (unpaired) electrons. The molecule has 0 bridgehead atoms. The molecule has 2 aliphatic rings. The maximum absolute atomic E-state index is 12.4. The lowest BCUT2D eigenvalue weighted by Gasteiger charge is -2.26. The van der Waals surface area contributed by atoms with Crippen LogP contribution in [0.25, 0.3) is 10.9 Å². The fraction of sp³-hybridized carbons (Fsp3) is 0.550. The van der Waals surface area contributed by atoms with Crippen molar-refractivity contribution >= 4 is 22.5 Å². The van der Waals surface area contributed by atoms with Crippen LogP contribution < -0.4 is 10.6 Å². The van der Waals surface area contributed by atoms with E-state index in [1.807, 2.05) is 6.07 Å². The van der Waals surface area contributed by atoms with Gasteiger partial charge in [0, 0.05) is 55.5 Å². The standard InChI is InChI=1S/C20H28N4O2/c25-20(17-2-1-6-21-15-17)22-18-3-4-19-16(14-18)5-7-24(19)9-8-23-10-12-26-13-11-23/h3-5,7,14,17,21H,1-2,6,8-13,15H2,(H,22,25). The average molecular weight is 356 g/mol. The van der Waals surface area contributed by atoms with Crippen molar-refractivity contribution in [3.63, 3.8) is 0 Å². The van der Waals surface area contributed by atoms with Crippen molar-refractivity contribution in [1.29, 1.82) is 0 Å². The summed E-state index contributed by atoms with van der Waals surface area (Å²) in [6, 6.07) is 8.34. The summed E-state index contributed by atoms with van der Waals surface area (Å²) in [4.78, 5) is 14.9. The van der Waals surface area contributed by atoms with Gasteiger partial charge >= 0.3 is 0 Å². The summed E-state index contributed by atoms with van der Waals surface area (Å²) in [6.45, 7) is 7.54. The maximum atomic E-state index is 12.4. The highest BCUT2D eigenvalue weighted by Crippen LogP contribution is 2.22. The van der Waals surface area contributed by atoms with E-state index in [1.165, 1.54) is 10.9 Å². The third kappa shape index (κ3) is 4.09. The van der Waals surface area contributed by atoms with Crippen molar-refractivity contribution in [3.8, 4) is 0 Å². The topological polar surface area (TPSA) is 58.5 Å². The second kappa shape index (κ2) is 8.20. The molecule has 1 aromatic carbocycles. The monoisotopic (exact) mass is 356 g/mol. The molecule has 1 amide bonds. The van der Waals surface area contributed by atoms with Crippen LogP contribution in [-0.4, -0.2) is 61.3 Å². The Morgan fingerprint density at radius 3 is 2.92 bits per heavy atom. The van der Waals surface area contributed by atoms with Crippen LogP contribution >= 0.6 is 0 Å². The van der Waals surface area contributed by atoms with E-state index in [9.17, 15) is 4.79 Å². The molecule has 0 spiro atoms. The predicted octanol–water partition coefficient (Wildman–Crippen LogP) is 1.91. The lowest BCUT2D eigenvalue weighted by Crippen LogP contribution is -2.38. The van der Waals surface area contributed by atoms with Crippen LogP contribution in [0.2, 0.25) is 0 Å². The quantitative estimate of drug-likeness (QED) is 0.859. The Balaban J connectivity index is 1.39. The number of anilines is 1. The largest absolute Gasteiger partial charge is 0.379 e. The molecule has 6 heteroatoms. The van der Waals surface area contributed by atoms with Crippen LogP contribution in [-0.2, 0) is 16.1 Å². The van der Waals surface area contributed by atoms with Crippen LogP contribution in [0.1, 0.15) is 12.8 Å². The number of piperidine rings is 1. The van der Waals surface area contributed by atoms with Gasteiger partial charge < -0.3 is 19.9 Å². The van der Waals surface area contributed by atoms with E-state index in [1.54, 1.807) is 0 Å². The van der Waals surface area contributed by atoms with Crippen LogP contribution in [0, 0.1) is 5.92 Å². The van der Waals surface area contributed by atoms with E-state index in [-0.39, 0.29) is 11.8 Å². The first-order chi connectivity index (χ1) is 12.8. The van der Waals surface area contributed by atoms with E-state index in [0.717, 1.165) is 71.0 Å². The molecule has 140 valence electrons. The third-order valence-corrected chi connectivity index (χ3v) is 5.47. The molecule has 26 heavy (non-hydrogen) atoms. The van der Waals surface area contributed by atoms with E-state index < -0.39 is 0 Å². The number of hydrogen-bond donors (Lipinski definition) is 2. The molecule has 1 unspecified atom stereocenters. The molecule has 3 heterocycles. The molecule has 2 saturated heterocycles. The Labute approximate surface area is 154 Å². The summed E-state index contributed by atoms with van der Waals surface area (Å²) in [5.41, 5.74) is 2.11. The highest BCUT2D eigenvalue weighted by molar-refractivity contribution is 5.95. The van der Waals surface area contributed by atoms with Crippen molar-refractivity contribution in [2.45, 2.75) is 19.4 Å². The Hall–Kier alpha value is -1.89. The number of benzene rings is 1. The van der Waals surface area contributed by atoms with Gasteiger partial charge in [-0.3, -0.25) is 9.69 Å². The van der Waals surface area contributed by atoms with E-state index in [0.29, 0.717) is 0 Å². The Morgan fingerprint density at radius 1 is 1.23 bits per heavy atom. The predicted molar refractivity (Wildman–Crippen MR) is 103 cm³/mol. The number of carbonyl (C=O) groups excluding carboxylic acids is 1. The van der Waals surface area contributed by atoms with Gasteiger partial charge in [-0.2, -0.15) is 0 Å². The van der Waals surface area contributed by atoms with E-state index in [2.05, 4.69) is 44.5 Å². The van der Waals surface area contributed by atoms with Gasteiger partial charge in [0.2, 0.25) is 5.91 Å². The zero-order valence-corrected chi connectivity index (χ0v) is 15.2. The van der Waals surface area contributed by atoms with Crippen molar-refractivity contribution < 1.29 is 9.53 Å². The van der Waals surface area contributed by atoms with Crippen LogP contribution in [0.5, 0.6) is 0 Å². The summed E-state index contributed by atoms with van der Waals surface area (Å²) in [5.74, 6) is 0.209. The van der Waals surface area contributed by atoms with Gasteiger partial charge in [0.05, 0.1) is 19.1 Å². The van der Waals surface area contributed by atoms with Gasteiger partial charge in [-0.1, -0.05) is 0 Å². The third-order valence-electron chi connectivity index (χ3n) is 5.47. The van der Waals surface area contributed by atoms with Crippen molar-refractivity contribution in [3.05, 3.63) is 30.5 Å². The Bertz CT molecular complexity index is 745. The molecule has 0 saturated carbocycles. The smallest absolute Gasteiger partial charge is 0.228 e. The van der Waals surface area contributed by atoms with Gasteiger partial charge in [-0.15, -0.1) is 0 Å². The van der Waals surface area contributed by atoms with Crippen molar-refractivity contribution in [2.24, 2.45) is 5.92 Å². The summed E-state index contributed by atoms with van der Waals surface area (Å²) in [7, 11) is 0. The molecule has 2 aliphatic heterocycles. The highest BCUT2D eigenvalue weighted by atomic mass is 16.5. The molecule has 2 fully saturated rings. The zero-order valence-electron chi connectivity index (χ0n) is 15.2. The first-order valence-electron chi connectivity index (χ1n) is 9.70. The molecular weight excluding hydrogens is 328 g/mol. The molecule has 1 atom stereocenters. The molecule has 2 aromatic rings. The fourth-order valence-corrected chi connectivity index (χ4v) is 3.87. The van der Waals surface area contributed by atoms with Crippen molar-refractivity contribution in [1.82, 2.24) is 14.8 Å². The number of morpholine rings is 1. The maximum Gasteiger partial charge on any atom is 0.228 e. The summed E-state index contributed by atoms with van der Waals surface area (Å²) < 4.78 is 7.70. The number of nitrogens with one attached hydrogen (secondary N) is 2. The van der Waals surface area contributed by atoms with Crippen molar-refractivity contribution in [2.75, 3.05) is 51.3 Å². The highest BCUT2D eigenvalue weighted by Gasteiger charge is 2.21. The van der Waals surface area contributed by atoms with E-state index in [4.69, 9.17) is 4.74 Å². The van der Waals surface area contributed by atoms with E-state index >= 15 is 0 Å². The SMILES string of the molecule is O=C(Nc1ccc2c(ccn2CCN2CCOCC2)c1)C1CCCNC1. The lowest BCUT2D eigenvalue weighted by atomic mass is 9.99. The molecular formula is C20H28N4O2. The zero-order chi connectivity index (χ0) is 17.8. The number of ether oxygens (including phenoxy) is 1. The van der Waals surface area contributed by atoms with Crippen LogP contribution in [0.3, 0.4) is 0 Å². The lowest BCUT2D eigenvalue weighted by molar-refractivity contribution is -0.120. The number of aromatic nitrogens is 1. The first-order valence-corrected chi connectivity index (χ1v) is 9.70. The minimum atomic E-state index is 0.0811. The molecule has 1 aromatic heterocycles. The summed E-state index contributed by atoms with van der Waals surface area (Å²) in [5, 5.41) is 7.56. The second-order valence-corrected chi connectivity index (χ2v) is 7.27. The van der Waals surface area contributed by atoms with Gasteiger partial charge in [0.1, 0.15) is 0 Å². The average Bonchev–Trinajstić information content (AvgIpc) is 3.10. The molecule has 6 nitrogen and oxygen atoms in total. The minimum Gasteiger partial charge on any atom is -0.379 e. The number of rotatable bonds is 5. The van der Waals surface area contributed by atoms with Gasteiger partial charge in [0.25, 0.3) is 0 Å². The number of amides is 1. The Morgan fingerprint density at radius 2 is 2.12 bits per heavy atom. The first kappa shape index (κ1) is 17.5. The van der Waals surface area contributed by atoms with Crippen LogP contribution in [0.4, 0.5) is 5.69 Å². The summed E-state index contributed by atoms with van der Waals surface area (Å²) in [6.07, 6.45) is 4.18. The number of hydrogen-bond acceptors (Lipinski definition) is 4. The fourth-order valence-electron chi connectivity index (χ4n) is 3.87. The molecule has 4 rings (SSSR count). The minimum absolute atomic E-state index is 0.0811. The normalized spacial score (nSPS) is 21.8. The van der Waals surface area contributed by atoms with Gasteiger partial charge in [-0.05, 0) is 43.7 Å². The number of nitrogens with zero attached hydrogens (tertiary/aromatic N) is 2. The molecule has 2 N–H and O–H groups in total. The Kier molecular flexibility index (Phi) is 5.53. The van der Waals surface area contributed by atoms with Gasteiger partial charge in [0.15, 0.2) is 0 Å². The van der Waals surface area contributed by atoms with Crippen LogP contribution in [0.15, 0.2) is 30.5 Å². The molecule has 0 aliphatic carbocycles. The number of fused-ring (bicyclic) bond motifs is 1. The number of carbonyl (C=O) groups is 1. The van der Waals surface area contributed by atoms with Gasteiger partial charge in [-0.25, -0.2) is 0 Å². The summed E-state index contributed by atoms with van der Waals surface area (Å²) >= 11 is 0. The second-order valence-electron chi connectivity index (χ2n) is 7.27.